The minimum atomic E-state index is 0.227. The Morgan fingerprint density at radius 2 is 2.00 bits per heavy atom. The highest BCUT2D eigenvalue weighted by Crippen LogP contribution is 2.30. The van der Waals surface area contributed by atoms with E-state index in [0.717, 1.165) is 44.1 Å². The van der Waals surface area contributed by atoms with Gasteiger partial charge in [0.25, 0.3) is 0 Å². The third-order valence-corrected chi connectivity index (χ3v) is 5.52. The van der Waals surface area contributed by atoms with Crippen molar-refractivity contribution in [2.45, 2.75) is 13.8 Å². The third-order valence-electron chi connectivity index (χ3n) is 5.52. The molecule has 0 spiro atoms. The van der Waals surface area contributed by atoms with Gasteiger partial charge in [-0.25, -0.2) is 4.98 Å². The van der Waals surface area contributed by atoms with Crippen LogP contribution in [0.5, 0.6) is 0 Å². The zero-order chi connectivity index (χ0) is 18.7. The van der Waals surface area contributed by atoms with E-state index in [0.29, 0.717) is 5.92 Å². The summed E-state index contributed by atoms with van der Waals surface area (Å²) in [5.74, 6) is 1.76. The van der Waals surface area contributed by atoms with Crippen LogP contribution in [0.2, 0.25) is 0 Å². The summed E-state index contributed by atoms with van der Waals surface area (Å²) in [6.45, 7) is 8.92. The minimum absolute atomic E-state index is 0.227. The highest BCUT2D eigenvalue weighted by atomic mass is 16.5. The van der Waals surface area contributed by atoms with Gasteiger partial charge in [0.1, 0.15) is 5.82 Å². The molecule has 142 valence electrons. The summed E-state index contributed by atoms with van der Waals surface area (Å²) in [5.41, 5.74) is 3.57. The topological polar surface area (TPSA) is 48.8 Å². The third kappa shape index (κ3) is 4.17. The van der Waals surface area contributed by atoms with E-state index in [-0.39, 0.29) is 12.5 Å². The molecule has 0 bridgehead atoms. The van der Waals surface area contributed by atoms with E-state index < -0.39 is 0 Å². The van der Waals surface area contributed by atoms with Crippen LogP contribution in [0.25, 0.3) is 10.9 Å². The van der Waals surface area contributed by atoms with Crippen molar-refractivity contribution in [3.8, 4) is 0 Å². The van der Waals surface area contributed by atoms with Crippen molar-refractivity contribution in [3.63, 3.8) is 0 Å². The van der Waals surface area contributed by atoms with Crippen LogP contribution in [0.3, 0.4) is 0 Å². The fourth-order valence-electron chi connectivity index (χ4n) is 3.93. The van der Waals surface area contributed by atoms with Crippen LogP contribution >= 0.6 is 0 Å². The average molecular weight is 357 g/mol. The average Bonchev–Trinajstić information content (AvgIpc) is 3.03. The number of likely N-dealkylation sites (N-methyl/N-ethyl adjacent to an activating group) is 1. The SMILES string of the molecule is COCCN(C)C[C@@H]1CN(c2cc(C)c3cc(C)ccc3n2)C[C@@H]1CO. The highest BCUT2D eigenvalue weighted by molar-refractivity contribution is 5.84. The van der Waals surface area contributed by atoms with Gasteiger partial charge < -0.3 is 19.6 Å². The number of aliphatic hydroxyl groups is 1. The number of rotatable bonds is 7. The molecule has 1 aliphatic rings. The molecule has 0 aliphatic carbocycles. The molecule has 26 heavy (non-hydrogen) atoms. The lowest BCUT2D eigenvalue weighted by Crippen LogP contribution is -2.33. The summed E-state index contributed by atoms with van der Waals surface area (Å²) in [6, 6.07) is 8.62. The number of fused-ring (bicyclic) bond motifs is 1. The highest BCUT2D eigenvalue weighted by Gasteiger charge is 2.33. The standard InChI is InChI=1S/C21H31N3O2/c1-15-5-6-20-19(9-15)16(2)10-21(22-20)24-12-17(18(13-24)14-25)11-23(3)7-8-26-4/h5-6,9-10,17-18,25H,7-8,11-14H2,1-4H3/t17-,18-/m1/s1. The van der Waals surface area contributed by atoms with E-state index in [9.17, 15) is 5.11 Å². The normalized spacial score (nSPS) is 20.5. The van der Waals surface area contributed by atoms with Crippen molar-refractivity contribution in [1.82, 2.24) is 9.88 Å². The lowest BCUT2D eigenvalue weighted by atomic mass is 9.96. The number of aromatic nitrogens is 1. The Morgan fingerprint density at radius 3 is 2.73 bits per heavy atom. The molecule has 1 N–H and O–H groups in total. The largest absolute Gasteiger partial charge is 0.396 e. The second-order valence-electron chi connectivity index (χ2n) is 7.68. The minimum Gasteiger partial charge on any atom is -0.396 e. The van der Waals surface area contributed by atoms with E-state index >= 15 is 0 Å². The van der Waals surface area contributed by atoms with Gasteiger partial charge in [-0.1, -0.05) is 11.6 Å². The quantitative estimate of drug-likeness (QED) is 0.825. The number of nitrogens with zero attached hydrogens (tertiary/aromatic N) is 3. The molecular weight excluding hydrogens is 326 g/mol. The summed E-state index contributed by atoms with van der Waals surface area (Å²) in [7, 11) is 3.85. The number of aliphatic hydroxyl groups excluding tert-OH is 1. The molecule has 2 aromatic rings. The van der Waals surface area contributed by atoms with Crippen molar-refractivity contribution in [3.05, 3.63) is 35.4 Å². The van der Waals surface area contributed by atoms with E-state index in [1.807, 2.05) is 0 Å². The number of pyridine rings is 1. The number of methoxy groups -OCH3 is 1. The Morgan fingerprint density at radius 1 is 1.23 bits per heavy atom. The number of benzene rings is 1. The summed E-state index contributed by atoms with van der Waals surface area (Å²) in [4.78, 5) is 9.53. The fourth-order valence-corrected chi connectivity index (χ4v) is 3.93. The maximum Gasteiger partial charge on any atom is 0.129 e. The lowest BCUT2D eigenvalue weighted by molar-refractivity contribution is 0.136. The molecule has 3 rings (SSSR count). The summed E-state index contributed by atoms with van der Waals surface area (Å²) < 4.78 is 5.17. The van der Waals surface area contributed by atoms with Gasteiger partial charge in [-0.15, -0.1) is 0 Å². The second kappa shape index (κ2) is 8.33. The molecule has 1 aromatic heterocycles. The van der Waals surface area contributed by atoms with Gasteiger partial charge in [-0.05, 0) is 50.6 Å². The van der Waals surface area contributed by atoms with Gasteiger partial charge in [0, 0.05) is 51.2 Å². The maximum absolute atomic E-state index is 9.86. The maximum atomic E-state index is 9.86. The van der Waals surface area contributed by atoms with E-state index in [1.54, 1.807) is 7.11 Å². The molecule has 2 heterocycles. The zero-order valence-corrected chi connectivity index (χ0v) is 16.4. The Hall–Kier alpha value is -1.69. The number of aryl methyl sites for hydroxylation is 2. The van der Waals surface area contributed by atoms with E-state index in [1.165, 1.54) is 16.5 Å². The Balaban J connectivity index is 1.77. The first-order chi connectivity index (χ1) is 12.5. The molecule has 2 atom stereocenters. The van der Waals surface area contributed by atoms with Gasteiger partial charge in [0.05, 0.1) is 12.1 Å². The van der Waals surface area contributed by atoms with Crippen molar-refractivity contribution in [2.75, 3.05) is 58.5 Å². The molecule has 1 fully saturated rings. The summed E-state index contributed by atoms with van der Waals surface area (Å²) >= 11 is 0. The number of hydrogen-bond donors (Lipinski definition) is 1. The van der Waals surface area contributed by atoms with Gasteiger partial charge in [-0.2, -0.15) is 0 Å². The number of ether oxygens (including phenoxy) is 1. The smallest absolute Gasteiger partial charge is 0.129 e. The molecule has 1 saturated heterocycles. The van der Waals surface area contributed by atoms with Crippen LogP contribution in [0.1, 0.15) is 11.1 Å². The molecule has 0 unspecified atom stereocenters. The van der Waals surface area contributed by atoms with Gasteiger partial charge in [-0.3, -0.25) is 0 Å². The monoisotopic (exact) mass is 357 g/mol. The lowest BCUT2D eigenvalue weighted by Gasteiger charge is -2.23. The van der Waals surface area contributed by atoms with Gasteiger partial charge in [0.15, 0.2) is 0 Å². The molecule has 1 aliphatic heterocycles. The number of anilines is 1. The predicted octanol–water partition coefficient (Wildman–Crippen LogP) is 2.47. The van der Waals surface area contributed by atoms with Crippen LogP contribution in [-0.4, -0.2) is 68.5 Å². The van der Waals surface area contributed by atoms with Crippen molar-refractivity contribution in [2.24, 2.45) is 11.8 Å². The zero-order valence-electron chi connectivity index (χ0n) is 16.4. The molecule has 0 radical (unpaired) electrons. The van der Waals surface area contributed by atoms with Gasteiger partial charge >= 0.3 is 0 Å². The fraction of sp³-hybridized carbons (Fsp3) is 0.571. The van der Waals surface area contributed by atoms with E-state index in [2.05, 4.69) is 55.0 Å². The van der Waals surface area contributed by atoms with Crippen LogP contribution in [0.15, 0.2) is 24.3 Å². The second-order valence-corrected chi connectivity index (χ2v) is 7.68. The predicted molar refractivity (Wildman–Crippen MR) is 107 cm³/mol. The van der Waals surface area contributed by atoms with E-state index in [4.69, 9.17) is 9.72 Å². The molecular formula is C21H31N3O2. The van der Waals surface area contributed by atoms with Crippen LogP contribution in [-0.2, 0) is 4.74 Å². The van der Waals surface area contributed by atoms with Crippen LogP contribution < -0.4 is 4.90 Å². The van der Waals surface area contributed by atoms with Crippen molar-refractivity contribution in [1.29, 1.82) is 0 Å². The molecule has 1 aromatic carbocycles. The van der Waals surface area contributed by atoms with Crippen molar-refractivity contribution >= 4 is 16.7 Å². The summed E-state index contributed by atoms with van der Waals surface area (Å²) in [5, 5.41) is 11.1. The molecule has 5 nitrogen and oxygen atoms in total. The van der Waals surface area contributed by atoms with Crippen LogP contribution in [0.4, 0.5) is 5.82 Å². The first-order valence-electron chi connectivity index (χ1n) is 9.43. The van der Waals surface area contributed by atoms with Gasteiger partial charge in [0.2, 0.25) is 0 Å². The molecule has 0 amide bonds. The van der Waals surface area contributed by atoms with Crippen molar-refractivity contribution < 1.29 is 9.84 Å². The first-order valence-corrected chi connectivity index (χ1v) is 9.43. The molecule has 5 heteroatoms. The Kier molecular flexibility index (Phi) is 6.12. The molecule has 0 saturated carbocycles. The Bertz CT molecular complexity index is 749. The summed E-state index contributed by atoms with van der Waals surface area (Å²) in [6.07, 6.45) is 0. The first kappa shape index (κ1) is 19.1. The number of hydrogen-bond acceptors (Lipinski definition) is 5. The van der Waals surface area contributed by atoms with Crippen LogP contribution in [0, 0.1) is 25.7 Å². The Labute approximate surface area is 156 Å².